The molecular weight excluding hydrogens is 458 g/mol. The minimum Gasteiger partial charge on any atom is -0.491 e. The van der Waals surface area contributed by atoms with E-state index in [1.54, 1.807) is 18.2 Å². The lowest BCUT2D eigenvalue weighted by molar-refractivity contribution is 0.0994. The summed E-state index contributed by atoms with van der Waals surface area (Å²) >= 11 is 0. The van der Waals surface area contributed by atoms with E-state index in [0.717, 1.165) is 10.9 Å². The maximum atomic E-state index is 11.9. The second kappa shape index (κ2) is 12.1. The largest absolute Gasteiger partial charge is 0.491 e. The van der Waals surface area contributed by atoms with Gasteiger partial charge in [0.1, 0.15) is 29.8 Å². The molecule has 0 bridgehead atoms. The van der Waals surface area contributed by atoms with E-state index in [0.29, 0.717) is 23.4 Å². The van der Waals surface area contributed by atoms with E-state index in [4.69, 9.17) is 15.2 Å². The van der Waals surface area contributed by atoms with Gasteiger partial charge in [-0.05, 0) is 48.4 Å². The van der Waals surface area contributed by atoms with Crippen LogP contribution in [0, 0.1) is 0 Å². The molecule has 0 aliphatic heterocycles. The van der Waals surface area contributed by atoms with Crippen LogP contribution in [0.5, 0.6) is 17.4 Å². The van der Waals surface area contributed by atoms with Crippen LogP contribution in [-0.4, -0.2) is 53.0 Å². The first-order chi connectivity index (χ1) is 17.5. The molecule has 4 rings (SSSR count). The summed E-state index contributed by atoms with van der Waals surface area (Å²) in [6.07, 6.45) is -0.173. The molecule has 1 aromatic heterocycles. The number of para-hydroxylation sites is 2. The Morgan fingerprint density at radius 1 is 0.972 bits per heavy atom. The topological polar surface area (TPSA) is 127 Å². The minimum atomic E-state index is -0.719. The molecule has 0 spiro atoms. The van der Waals surface area contributed by atoms with Crippen molar-refractivity contribution in [2.45, 2.75) is 18.6 Å². The summed E-state index contributed by atoms with van der Waals surface area (Å²) in [7, 11) is 0. The number of hydrogen-bond donors (Lipinski definition) is 4. The lowest BCUT2D eigenvalue weighted by Gasteiger charge is -2.19. The Hall–Kier alpha value is -3.98. The van der Waals surface area contributed by atoms with Gasteiger partial charge >= 0.3 is 0 Å². The first-order valence-corrected chi connectivity index (χ1v) is 11.7. The van der Waals surface area contributed by atoms with E-state index in [1.807, 2.05) is 66.7 Å². The highest BCUT2D eigenvalue weighted by molar-refractivity contribution is 5.98. The van der Waals surface area contributed by atoms with E-state index < -0.39 is 12.0 Å². The summed E-state index contributed by atoms with van der Waals surface area (Å²) in [6, 6.07) is 25.4. The van der Waals surface area contributed by atoms with Gasteiger partial charge in [0, 0.05) is 18.0 Å². The van der Waals surface area contributed by atoms with Gasteiger partial charge in [0.25, 0.3) is 5.91 Å². The number of ether oxygens (including phenoxy) is 2. The number of aliphatic hydroxyl groups is 2. The molecule has 36 heavy (non-hydrogen) atoms. The van der Waals surface area contributed by atoms with Crippen LogP contribution in [-0.2, 0) is 6.42 Å². The number of primary amides is 1. The van der Waals surface area contributed by atoms with Crippen molar-refractivity contribution in [3.8, 4) is 17.4 Å². The number of amides is 1. The average Bonchev–Trinajstić information content (AvgIpc) is 2.91. The molecule has 0 aliphatic carbocycles. The Kier molecular flexibility index (Phi) is 8.46. The summed E-state index contributed by atoms with van der Waals surface area (Å²) in [5.41, 5.74) is 7.40. The predicted molar refractivity (Wildman–Crippen MR) is 137 cm³/mol. The van der Waals surface area contributed by atoms with E-state index in [-0.39, 0.29) is 37.2 Å². The highest BCUT2D eigenvalue weighted by Crippen LogP contribution is 2.27. The smallest absolute Gasteiger partial charge is 0.254 e. The zero-order chi connectivity index (χ0) is 25.3. The molecule has 0 aliphatic rings. The Labute approximate surface area is 209 Å². The fourth-order valence-electron chi connectivity index (χ4n) is 3.71. The van der Waals surface area contributed by atoms with Crippen molar-refractivity contribution in [3.63, 3.8) is 0 Å². The lowest BCUT2D eigenvalue weighted by Crippen LogP contribution is -2.41. The number of aliphatic hydroxyl groups excluding tert-OH is 2. The summed E-state index contributed by atoms with van der Waals surface area (Å²) in [6.45, 7) is 0.341. The lowest BCUT2D eigenvalue weighted by atomic mass is 10.1. The fourth-order valence-corrected chi connectivity index (χ4v) is 3.71. The van der Waals surface area contributed by atoms with Crippen LogP contribution in [0.1, 0.15) is 15.9 Å². The Morgan fingerprint density at radius 2 is 1.69 bits per heavy atom. The molecule has 0 fully saturated rings. The Morgan fingerprint density at radius 3 is 2.42 bits per heavy atom. The van der Waals surface area contributed by atoms with Crippen molar-refractivity contribution in [3.05, 3.63) is 96.1 Å². The maximum absolute atomic E-state index is 11.9. The second-order valence-electron chi connectivity index (χ2n) is 8.41. The number of fused-ring (bicyclic) bond motifs is 1. The van der Waals surface area contributed by atoms with Crippen LogP contribution in [0.15, 0.2) is 84.9 Å². The maximum Gasteiger partial charge on any atom is 0.254 e. The molecule has 8 nitrogen and oxygen atoms in total. The van der Waals surface area contributed by atoms with Crippen LogP contribution in [0.4, 0.5) is 0 Å². The fraction of sp³-hybridized carbons (Fsp3) is 0.214. The Balaban J connectivity index is 1.33. The summed E-state index contributed by atoms with van der Waals surface area (Å²) in [5, 5.41) is 23.9. The highest BCUT2D eigenvalue weighted by Gasteiger charge is 2.15. The molecule has 0 radical (unpaired) electrons. The second-order valence-corrected chi connectivity index (χ2v) is 8.41. The van der Waals surface area contributed by atoms with Crippen molar-refractivity contribution in [1.29, 1.82) is 0 Å². The van der Waals surface area contributed by atoms with Crippen LogP contribution in [0.2, 0.25) is 0 Å². The molecule has 1 amide bonds. The highest BCUT2D eigenvalue weighted by atomic mass is 16.5. The van der Waals surface area contributed by atoms with Crippen molar-refractivity contribution < 1.29 is 24.5 Å². The van der Waals surface area contributed by atoms with Gasteiger partial charge in [-0.15, -0.1) is 0 Å². The predicted octanol–water partition coefficient (Wildman–Crippen LogP) is 3.06. The van der Waals surface area contributed by atoms with Crippen LogP contribution in [0.3, 0.4) is 0 Å². The molecule has 1 heterocycles. The molecule has 3 aromatic carbocycles. The standard InChI is InChI=1S/C28H29N3O5/c29-27(34)25-15-20-6-4-5-9-26(20)31-28(25)36-24-12-10-19(11-13-24)14-21(17-32)30-16-22(33)18-35-23-7-2-1-3-8-23/h1-13,15,21-22,30,32-33H,14,16-18H2,(H2,29,34)/t21-,22?/m0/s1. The number of pyridine rings is 1. The average molecular weight is 488 g/mol. The SMILES string of the molecule is NC(=O)c1cc2ccccc2nc1Oc1ccc(C[C@@H](CO)NCC(O)COc2ccccc2)cc1. The number of nitrogens with zero attached hydrogens (tertiary/aromatic N) is 1. The third-order valence-corrected chi connectivity index (χ3v) is 5.62. The van der Waals surface area contributed by atoms with Gasteiger partial charge in [-0.25, -0.2) is 4.98 Å². The minimum absolute atomic E-state index is 0.0898. The number of nitrogens with two attached hydrogens (primary N) is 1. The van der Waals surface area contributed by atoms with E-state index in [9.17, 15) is 15.0 Å². The quantitative estimate of drug-likeness (QED) is 0.242. The zero-order valence-corrected chi connectivity index (χ0v) is 19.7. The Bertz CT molecular complexity index is 1280. The van der Waals surface area contributed by atoms with Crippen LogP contribution < -0.4 is 20.5 Å². The van der Waals surface area contributed by atoms with Crippen molar-refractivity contribution >= 4 is 16.8 Å². The van der Waals surface area contributed by atoms with Gasteiger partial charge in [-0.3, -0.25) is 4.79 Å². The third-order valence-electron chi connectivity index (χ3n) is 5.62. The molecule has 4 aromatic rings. The molecule has 8 heteroatoms. The molecule has 0 saturated heterocycles. The van der Waals surface area contributed by atoms with E-state index in [1.165, 1.54) is 0 Å². The van der Waals surface area contributed by atoms with E-state index in [2.05, 4.69) is 10.3 Å². The van der Waals surface area contributed by atoms with Crippen molar-refractivity contribution in [2.24, 2.45) is 5.73 Å². The first-order valence-electron chi connectivity index (χ1n) is 11.7. The van der Waals surface area contributed by atoms with Crippen LogP contribution in [0.25, 0.3) is 10.9 Å². The molecule has 2 atom stereocenters. The number of benzene rings is 3. The normalized spacial score (nSPS) is 12.7. The number of nitrogens with one attached hydrogen (secondary N) is 1. The number of rotatable bonds is 12. The number of aromatic nitrogens is 1. The summed E-state index contributed by atoms with van der Waals surface area (Å²) < 4.78 is 11.4. The molecule has 0 saturated carbocycles. The summed E-state index contributed by atoms with van der Waals surface area (Å²) in [4.78, 5) is 16.4. The van der Waals surface area contributed by atoms with Crippen molar-refractivity contribution in [2.75, 3.05) is 19.8 Å². The van der Waals surface area contributed by atoms with Gasteiger partial charge in [-0.1, -0.05) is 48.5 Å². The number of carbonyl (C=O) groups excluding carboxylic acids is 1. The first kappa shape index (κ1) is 25.1. The van der Waals surface area contributed by atoms with E-state index >= 15 is 0 Å². The van der Waals surface area contributed by atoms with Gasteiger partial charge in [0.05, 0.1) is 12.1 Å². The van der Waals surface area contributed by atoms with Gasteiger partial charge in [0.2, 0.25) is 5.88 Å². The number of carbonyl (C=O) groups is 1. The monoisotopic (exact) mass is 487 g/mol. The third kappa shape index (κ3) is 6.79. The molecule has 5 N–H and O–H groups in total. The van der Waals surface area contributed by atoms with Crippen molar-refractivity contribution in [1.82, 2.24) is 10.3 Å². The van der Waals surface area contributed by atoms with Gasteiger partial charge in [-0.2, -0.15) is 0 Å². The van der Waals surface area contributed by atoms with Gasteiger partial charge in [0.15, 0.2) is 0 Å². The zero-order valence-electron chi connectivity index (χ0n) is 19.7. The molecular formula is C28H29N3O5. The van der Waals surface area contributed by atoms with Gasteiger partial charge < -0.3 is 30.7 Å². The summed E-state index contributed by atoms with van der Waals surface area (Å²) in [5.74, 6) is 0.731. The number of hydrogen-bond acceptors (Lipinski definition) is 7. The molecule has 186 valence electrons. The molecule has 1 unspecified atom stereocenters. The van der Waals surface area contributed by atoms with Crippen LogP contribution >= 0.6 is 0 Å².